The molecule has 1 unspecified atom stereocenters. The molecule has 1 atom stereocenters. The van der Waals surface area contributed by atoms with Gasteiger partial charge in [0.2, 0.25) is 0 Å². The zero-order valence-corrected chi connectivity index (χ0v) is 18.9. The lowest BCUT2D eigenvalue weighted by Crippen LogP contribution is -2.36. The number of rotatable bonds is 7. The predicted molar refractivity (Wildman–Crippen MR) is 128 cm³/mol. The molecule has 4 rings (SSSR count). The molecule has 1 aliphatic rings. The van der Waals surface area contributed by atoms with Crippen molar-refractivity contribution in [1.82, 2.24) is 9.91 Å². The number of ether oxygens (including phenoxy) is 1. The first-order chi connectivity index (χ1) is 15.5. The fourth-order valence-electron chi connectivity index (χ4n) is 4.02. The highest BCUT2D eigenvalue weighted by Crippen LogP contribution is 2.33. The molecule has 5 nitrogen and oxygen atoms in total. The summed E-state index contributed by atoms with van der Waals surface area (Å²) in [6.45, 7) is 3.08. The molecule has 164 valence electrons. The van der Waals surface area contributed by atoms with Gasteiger partial charge in [0.05, 0.1) is 25.4 Å². The molecule has 0 radical (unpaired) electrons. The van der Waals surface area contributed by atoms with Gasteiger partial charge in [0.15, 0.2) is 0 Å². The molecule has 0 bridgehead atoms. The average Bonchev–Trinajstić information content (AvgIpc) is 3.26. The van der Waals surface area contributed by atoms with E-state index in [4.69, 9.17) is 9.84 Å². The summed E-state index contributed by atoms with van der Waals surface area (Å²) in [4.78, 5) is 15.4. The molecule has 0 N–H and O–H groups in total. The second-order valence-corrected chi connectivity index (χ2v) is 8.31. The van der Waals surface area contributed by atoms with Gasteiger partial charge in [-0.25, -0.2) is 5.01 Å². The number of carbonyl (C=O) groups is 1. The Hall–Kier alpha value is -3.44. The monoisotopic (exact) mass is 427 g/mol. The molecule has 0 aromatic heterocycles. The van der Waals surface area contributed by atoms with Crippen LogP contribution in [0.15, 0.2) is 84.0 Å². The van der Waals surface area contributed by atoms with Crippen molar-refractivity contribution < 1.29 is 9.53 Å². The predicted octanol–water partition coefficient (Wildman–Crippen LogP) is 4.81. The number of carbonyl (C=O) groups excluding carboxylic acids is 1. The molecule has 0 saturated carbocycles. The Labute approximate surface area is 189 Å². The van der Waals surface area contributed by atoms with E-state index >= 15 is 0 Å². The van der Waals surface area contributed by atoms with Gasteiger partial charge in [-0.05, 0) is 37.2 Å². The molecule has 1 heterocycles. The number of likely N-dealkylation sites (N-methyl/N-ethyl adjacent to an activating group) is 1. The van der Waals surface area contributed by atoms with Crippen LogP contribution in [0, 0.1) is 6.92 Å². The zero-order chi connectivity index (χ0) is 22.5. The summed E-state index contributed by atoms with van der Waals surface area (Å²) < 4.78 is 5.38. The van der Waals surface area contributed by atoms with Crippen molar-refractivity contribution in [3.05, 3.63) is 101 Å². The van der Waals surface area contributed by atoms with Crippen molar-refractivity contribution in [2.45, 2.75) is 25.9 Å². The smallest absolute Gasteiger partial charge is 0.257 e. The van der Waals surface area contributed by atoms with Gasteiger partial charge in [-0.15, -0.1) is 0 Å². The Bertz CT molecular complexity index is 1090. The SMILES string of the molecule is COc1cccc(C2=NN(C(=O)CN(C)Cc3ccccc3)C(c3ccc(C)cc3)C2)c1. The van der Waals surface area contributed by atoms with E-state index < -0.39 is 0 Å². The first kappa shape index (κ1) is 21.8. The van der Waals surface area contributed by atoms with Crippen LogP contribution < -0.4 is 4.74 Å². The van der Waals surface area contributed by atoms with E-state index in [1.54, 1.807) is 12.1 Å². The van der Waals surface area contributed by atoms with Crippen LogP contribution >= 0.6 is 0 Å². The molecule has 1 amide bonds. The molecule has 0 aliphatic carbocycles. The van der Waals surface area contributed by atoms with E-state index in [1.807, 2.05) is 54.4 Å². The lowest BCUT2D eigenvalue weighted by molar-refractivity contribution is -0.134. The summed E-state index contributed by atoms with van der Waals surface area (Å²) >= 11 is 0. The van der Waals surface area contributed by atoms with Crippen LogP contribution in [0.4, 0.5) is 0 Å². The van der Waals surface area contributed by atoms with Crippen molar-refractivity contribution in [2.75, 3.05) is 20.7 Å². The minimum atomic E-state index is -0.116. The third-order valence-electron chi connectivity index (χ3n) is 5.73. The first-order valence-corrected chi connectivity index (χ1v) is 10.9. The second-order valence-electron chi connectivity index (χ2n) is 8.31. The lowest BCUT2D eigenvalue weighted by atomic mass is 9.97. The maximum atomic E-state index is 13.3. The van der Waals surface area contributed by atoms with Gasteiger partial charge >= 0.3 is 0 Å². The summed E-state index contributed by atoms with van der Waals surface area (Å²) in [5.74, 6) is 0.774. The number of methoxy groups -OCH3 is 1. The minimum absolute atomic E-state index is 0.00750. The zero-order valence-electron chi connectivity index (χ0n) is 18.9. The molecule has 3 aromatic rings. The van der Waals surface area contributed by atoms with Gasteiger partial charge in [-0.3, -0.25) is 9.69 Å². The van der Waals surface area contributed by atoms with Gasteiger partial charge in [0, 0.05) is 18.5 Å². The molecule has 0 fully saturated rings. The third-order valence-corrected chi connectivity index (χ3v) is 5.73. The summed E-state index contributed by atoms with van der Waals surface area (Å²) in [5.41, 5.74) is 5.35. The number of benzene rings is 3. The fraction of sp³-hybridized carbons (Fsp3) is 0.259. The van der Waals surface area contributed by atoms with E-state index in [1.165, 1.54) is 11.1 Å². The van der Waals surface area contributed by atoms with Gasteiger partial charge < -0.3 is 4.74 Å². The summed E-state index contributed by atoms with van der Waals surface area (Å²) in [7, 11) is 3.62. The number of amides is 1. The highest BCUT2D eigenvalue weighted by molar-refractivity contribution is 6.03. The van der Waals surface area contributed by atoms with Gasteiger partial charge in [-0.1, -0.05) is 72.3 Å². The second kappa shape index (κ2) is 9.79. The topological polar surface area (TPSA) is 45.1 Å². The van der Waals surface area contributed by atoms with Crippen LogP contribution in [0.3, 0.4) is 0 Å². The highest BCUT2D eigenvalue weighted by Gasteiger charge is 2.33. The van der Waals surface area contributed by atoms with E-state index in [0.717, 1.165) is 22.6 Å². The van der Waals surface area contributed by atoms with Crippen LogP contribution in [0.1, 0.15) is 34.7 Å². The first-order valence-electron chi connectivity index (χ1n) is 10.9. The molecule has 32 heavy (non-hydrogen) atoms. The Morgan fingerprint density at radius 1 is 1.06 bits per heavy atom. The Balaban J connectivity index is 1.57. The molecule has 0 saturated heterocycles. The molecule has 1 aliphatic heterocycles. The molecule has 3 aromatic carbocycles. The van der Waals surface area contributed by atoms with E-state index in [2.05, 4.69) is 43.3 Å². The van der Waals surface area contributed by atoms with Gasteiger partial charge in [-0.2, -0.15) is 5.10 Å². The van der Waals surface area contributed by atoms with E-state index in [9.17, 15) is 4.79 Å². The minimum Gasteiger partial charge on any atom is -0.497 e. The Morgan fingerprint density at radius 3 is 2.53 bits per heavy atom. The normalized spacial score (nSPS) is 15.7. The van der Waals surface area contributed by atoms with E-state index in [-0.39, 0.29) is 11.9 Å². The van der Waals surface area contributed by atoms with Crippen molar-refractivity contribution >= 4 is 11.6 Å². The Kier molecular flexibility index (Phi) is 6.66. The molecular formula is C27H29N3O2. The lowest BCUT2D eigenvalue weighted by Gasteiger charge is -2.25. The molecule has 5 heteroatoms. The number of hydrazone groups is 1. The fourth-order valence-corrected chi connectivity index (χ4v) is 4.02. The highest BCUT2D eigenvalue weighted by atomic mass is 16.5. The van der Waals surface area contributed by atoms with Crippen LogP contribution in [0.5, 0.6) is 5.75 Å². The standard InChI is InChI=1S/C27H29N3O2/c1-20-12-14-22(15-13-20)26-17-25(23-10-7-11-24(16-23)32-3)28-30(26)27(31)19-29(2)18-21-8-5-4-6-9-21/h4-16,26H,17-19H2,1-3H3. The Morgan fingerprint density at radius 2 is 1.81 bits per heavy atom. The van der Waals surface area contributed by atoms with Gasteiger partial charge in [0.25, 0.3) is 5.91 Å². The number of aryl methyl sites for hydroxylation is 1. The number of hydrogen-bond donors (Lipinski definition) is 0. The molecular weight excluding hydrogens is 398 g/mol. The van der Waals surface area contributed by atoms with E-state index in [0.29, 0.717) is 19.5 Å². The van der Waals surface area contributed by atoms with Crippen LogP contribution in [-0.2, 0) is 11.3 Å². The summed E-state index contributed by atoms with van der Waals surface area (Å²) in [6.07, 6.45) is 0.671. The maximum Gasteiger partial charge on any atom is 0.257 e. The third kappa shape index (κ3) is 5.06. The summed E-state index contributed by atoms with van der Waals surface area (Å²) in [6, 6.07) is 26.3. The van der Waals surface area contributed by atoms with Crippen molar-refractivity contribution in [3.63, 3.8) is 0 Å². The van der Waals surface area contributed by atoms with Crippen LogP contribution in [-0.4, -0.2) is 42.2 Å². The quantitative estimate of drug-likeness (QED) is 0.543. The van der Waals surface area contributed by atoms with Crippen LogP contribution in [0.2, 0.25) is 0 Å². The summed E-state index contributed by atoms with van der Waals surface area (Å²) in [5, 5.41) is 6.46. The van der Waals surface area contributed by atoms with Crippen molar-refractivity contribution in [3.8, 4) is 5.75 Å². The number of nitrogens with zero attached hydrogens (tertiary/aromatic N) is 3. The largest absolute Gasteiger partial charge is 0.497 e. The van der Waals surface area contributed by atoms with Crippen molar-refractivity contribution in [1.29, 1.82) is 0 Å². The maximum absolute atomic E-state index is 13.3. The molecule has 0 spiro atoms. The van der Waals surface area contributed by atoms with Gasteiger partial charge in [0.1, 0.15) is 5.75 Å². The van der Waals surface area contributed by atoms with Crippen molar-refractivity contribution in [2.24, 2.45) is 5.10 Å². The van der Waals surface area contributed by atoms with Crippen LogP contribution in [0.25, 0.3) is 0 Å². The number of hydrogen-bond acceptors (Lipinski definition) is 4. The average molecular weight is 428 g/mol.